The second-order valence-electron chi connectivity index (χ2n) is 3.24. The van der Waals surface area contributed by atoms with Gasteiger partial charge in [0, 0.05) is 0 Å². The van der Waals surface area contributed by atoms with Crippen LogP contribution in [0.2, 0.25) is 0 Å². The molecule has 1 aliphatic heterocycles. The Balaban J connectivity index is 2.00. The minimum atomic E-state index is -0.443. The van der Waals surface area contributed by atoms with E-state index in [9.17, 15) is 4.79 Å². The van der Waals surface area contributed by atoms with Gasteiger partial charge in [-0.25, -0.2) is 0 Å². The summed E-state index contributed by atoms with van der Waals surface area (Å²) in [6.45, 7) is 0. The smallest absolute Gasteiger partial charge is 0.266 e. The van der Waals surface area contributed by atoms with Gasteiger partial charge in [-0.15, -0.1) is 0 Å². The predicted octanol–water partition coefficient (Wildman–Crippen LogP) is 0.414. The standard InChI is InChI=1S/C8H11N3OS/c9-8(12)7-2-6(10-11-7)1-5-3-13-4-5/h2,5H,1,3-4H2,(H2,9,12)(H,10,11). The number of thioether (sulfide) groups is 1. The van der Waals surface area contributed by atoms with Crippen molar-refractivity contribution >= 4 is 17.7 Å². The van der Waals surface area contributed by atoms with E-state index in [4.69, 9.17) is 5.73 Å². The molecule has 2 rings (SSSR count). The molecule has 1 aromatic heterocycles. The molecule has 0 radical (unpaired) electrons. The van der Waals surface area contributed by atoms with Crippen LogP contribution in [0.3, 0.4) is 0 Å². The topological polar surface area (TPSA) is 71.8 Å². The minimum Gasteiger partial charge on any atom is -0.364 e. The molecule has 1 aliphatic rings. The normalized spacial score (nSPS) is 16.9. The highest BCUT2D eigenvalue weighted by Gasteiger charge is 2.19. The average Bonchev–Trinajstić information content (AvgIpc) is 2.44. The van der Waals surface area contributed by atoms with E-state index in [0.717, 1.165) is 18.0 Å². The summed E-state index contributed by atoms with van der Waals surface area (Å²) in [6.07, 6.45) is 0.955. The van der Waals surface area contributed by atoms with Crippen molar-refractivity contribution in [1.29, 1.82) is 0 Å². The number of hydrogen-bond acceptors (Lipinski definition) is 3. The van der Waals surface area contributed by atoms with Gasteiger partial charge in [-0.05, 0) is 29.9 Å². The molecule has 70 valence electrons. The number of hydrogen-bond donors (Lipinski definition) is 2. The summed E-state index contributed by atoms with van der Waals surface area (Å²) in [5.74, 6) is 2.70. The molecular weight excluding hydrogens is 186 g/mol. The van der Waals surface area contributed by atoms with Gasteiger partial charge in [0.1, 0.15) is 5.69 Å². The number of H-pyrrole nitrogens is 1. The van der Waals surface area contributed by atoms with Crippen molar-refractivity contribution in [3.63, 3.8) is 0 Å². The van der Waals surface area contributed by atoms with Gasteiger partial charge in [0.15, 0.2) is 0 Å². The second kappa shape index (κ2) is 3.41. The van der Waals surface area contributed by atoms with Crippen molar-refractivity contribution < 1.29 is 4.79 Å². The number of nitrogens with one attached hydrogen (secondary N) is 1. The molecule has 0 aliphatic carbocycles. The first kappa shape index (κ1) is 8.62. The Morgan fingerprint density at radius 1 is 1.77 bits per heavy atom. The average molecular weight is 197 g/mol. The number of amides is 1. The molecular formula is C8H11N3OS. The summed E-state index contributed by atoms with van der Waals surface area (Å²) in [5.41, 5.74) is 6.44. The first-order valence-corrected chi connectivity index (χ1v) is 5.33. The van der Waals surface area contributed by atoms with E-state index < -0.39 is 5.91 Å². The van der Waals surface area contributed by atoms with Crippen LogP contribution < -0.4 is 5.73 Å². The van der Waals surface area contributed by atoms with Crippen LogP contribution in [0, 0.1) is 5.92 Å². The molecule has 0 atom stereocenters. The second-order valence-corrected chi connectivity index (χ2v) is 4.32. The summed E-state index contributed by atoms with van der Waals surface area (Å²) in [4.78, 5) is 10.7. The zero-order valence-corrected chi connectivity index (χ0v) is 7.93. The fraction of sp³-hybridized carbons (Fsp3) is 0.500. The molecule has 0 unspecified atom stereocenters. The number of aromatic amines is 1. The molecule has 13 heavy (non-hydrogen) atoms. The number of nitrogens with two attached hydrogens (primary N) is 1. The highest BCUT2D eigenvalue weighted by molar-refractivity contribution is 8.00. The Kier molecular flexibility index (Phi) is 2.26. The van der Waals surface area contributed by atoms with Crippen molar-refractivity contribution in [3.8, 4) is 0 Å². The van der Waals surface area contributed by atoms with Gasteiger partial charge in [-0.1, -0.05) is 0 Å². The maximum Gasteiger partial charge on any atom is 0.266 e. The van der Waals surface area contributed by atoms with Crippen molar-refractivity contribution in [1.82, 2.24) is 10.2 Å². The molecule has 1 aromatic rings. The van der Waals surface area contributed by atoms with Gasteiger partial charge in [-0.3, -0.25) is 9.89 Å². The number of primary amides is 1. The summed E-state index contributed by atoms with van der Waals surface area (Å²) < 4.78 is 0. The highest BCUT2D eigenvalue weighted by atomic mass is 32.2. The molecule has 3 N–H and O–H groups in total. The van der Waals surface area contributed by atoms with Crippen LogP contribution in [0.5, 0.6) is 0 Å². The molecule has 0 saturated carbocycles. The Bertz CT molecular complexity index is 319. The van der Waals surface area contributed by atoms with E-state index in [1.165, 1.54) is 11.5 Å². The van der Waals surface area contributed by atoms with E-state index in [1.807, 2.05) is 11.8 Å². The Hall–Kier alpha value is -0.970. The largest absolute Gasteiger partial charge is 0.364 e. The molecule has 0 bridgehead atoms. The third kappa shape index (κ3) is 1.85. The van der Waals surface area contributed by atoms with Crippen LogP contribution in [-0.4, -0.2) is 27.6 Å². The van der Waals surface area contributed by atoms with Crippen LogP contribution >= 0.6 is 11.8 Å². The van der Waals surface area contributed by atoms with Gasteiger partial charge in [0.05, 0.1) is 5.69 Å². The molecule has 1 saturated heterocycles. The predicted molar refractivity (Wildman–Crippen MR) is 51.6 cm³/mol. The van der Waals surface area contributed by atoms with Gasteiger partial charge in [0.25, 0.3) is 5.91 Å². The molecule has 0 spiro atoms. The maximum absolute atomic E-state index is 10.7. The summed E-state index contributed by atoms with van der Waals surface area (Å²) in [7, 11) is 0. The monoisotopic (exact) mass is 197 g/mol. The SMILES string of the molecule is NC(=O)c1cc(CC2CSC2)n[nH]1. The molecule has 0 aromatic carbocycles. The lowest BCUT2D eigenvalue weighted by molar-refractivity contribution is 0.0995. The Morgan fingerprint density at radius 3 is 3.00 bits per heavy atom. The first-order valence-electron chi connectivity index (χ1n) is 4.17. The van der Waals surface area contributed by atoms with E-state index in [-0.39, 0.29) is 0 Å². The van der Waals surface area contributed by atoms with Gasteiger partial charge in [0.2, 0.25) is 0 Å². The zero-order chi connectivity index (χ0) is 9.26. The Morgan fingerprint density at radius 2 is 2.54 bits per heavy atom. The van der Waals surface area contributed by atoms with Crippen molar-refractivity contribution in [2.75, 3.05) is 11.5 Å². The summed E-state index contributed by atoms with van der Waals surface area (Å²) >= 11 is 1.95. The van der Waals surface area contributed by atoms with Gasteiger partial charge < -0.3 is 5.73 Å². The number of nitrogens with zero attached hydrogens (tertiary/aromatic N) is 1. The highest BCUT2D eigenvalue weighted by Crippen LogP contribution is 2.27. The Labute approximate surface area is 80.3 Å². The van der Waals surface area contributed by atoms with E-state index >= 15 is 0 Å². The summed E-state index contributed by atoms with van der Waals surface area (Å²) in [5, 5.41) is 6.65. The van der Waals surface area contributed by atoms with Crippen LogP contribution in [0.25, 0.3) is 0 Å². The molecule has 5 heteroatoms. The fourth-order valence-corrected chi connectivity index (χ4v) is 2.10. The first-order chi connectivity index (χ1) is 6.25. The van der Waals surface area contributed by atoms with Crippen molar-refractivity contribution in [2.24, 2.45) is 11.7 Å². The quantitative estimate of drug-likeness (QED) is 0.737. The fourth-order valence-electron chi connectivity index (χ4n) is 1.29. The third-order valence-electron chi connectivity index (χ3n) is 2.10. The lowest BCUT2D eigenvalue weighted by Gasteiger charge is -2.23. The number of carbonyl (C=O) groups excluding carboxylic acids is 1. The summed E-state index contributed by atoms with van der Waals surface area (Å²) in [6, 6.07) is 1.74. The lowest BCUT2D eigenvalue weighted by Crippen LogP contribution is -2.20. The van der Waals surface area contributed by atoms with Crippen LogP contribution in [0.4, 0.5) is 0 Å². The molecule has 2 heterocycles. The van der Waals surface area contributed by atoms with E-state index in [0.29, 0.717) is 5.69 Å². The third-order valence-corrected chi connectivity index (χ3v) is 3.52. The lowest BCUT2D eigenvalue weighted by atomic mass is 10.1. The number of carbonyl (C=O) groups is 1. The van der Waals surface area contributed by atoms with Crippen LogP contribution in [-0.2, 0) is 6.42 Å². The minimum absolute atomic E-state index is 0.405. The molecule has 1 fully saturated rings. The van der Waals surface area contributed by atoms with Crippen LogP contribution in [0.15, 0.2) is 6.07 Å². The molecule has 4 nitrogen and oxygen atoms in total. The number of rotatable bonds is 3. The van der Waals surface area contributed by atoms with E-state index in [1.54, 1.807) is 6.07 Å². The van der Waals surface area contributed by atoms with Gasteiger partial charge >= 0.3 is 0 Å². The zero-order valence-electron chi connectivity index (χ0n) is 7.12. The van der Waals surface area contributed by atoms with Crippen molar-refractivity contribution in [3.05, 3.63) is 17.5 Å². The van der Waals surface area contributed by atoms with Gasteiger partial charge in [-0.2, -0.15) is 16.9 Å². The van der Waals surface area contributed by atoms with Crippen LogP contribution in [0.1, 0.15) is 16.2 Å². The van der Waals surface area contributed by atoms with Crippen molar-refractivity contribution in [2.45, 2.75) is 6.42 Å². The number of aromatic nitrogens is 2. The molecule has 1 amide bonds. The van der Waals surface area contributed by atoms with E-state index in [2.05, 4.69) is 10.2 Å². The maximum atomic E-state index is 10.7.